The van der Waals surface area contributed by atoms with E-state index in [1.165, 1.54) is 0 Å². The van der Waals surface area contributed by atoms with Crippen LogP contribution in [0.5, 0.6) is 0 Å². The summed E-state index contributed by atoms with van der Waals surface area (Å²) in [7, 11) is 0. The number of aliphatic carboxylic acids is 1. The number of carbonyl (C=O) groups excluding carboxylic acids is 2. The number of benzene rings is 1. The smallest absolute Gasteiger partial charge is 0.326 e. The first kappa shape index (κ1) is 24.6. The Labute approximate surface area is 172 Å². The summed E-state index contributed by atoms with van der Waals surface area (Å²) < 4.78 is 0. The van der Waals surface area contributed by atoms with Crippen LogP contribution in [0.15, 0.2) is 30.3 Å². The van der Waals surface area contributed by atoms with E-state index in [0.29, 0.717) is 25.8 Å². The van der Waals surface area contributed by atoms with Crippen molar-refractivity contribution >= 4 is 17.8 Å². The maximum absolute atomic E-state index is 12.8. The highest BCUT2D eigenvalue weighted by molar-refractivity contribution is 5.91. The summed E-state index contributed by atoms with van der Waals surface area (Å²) in [6.45, 7) is 4.28. The summed E-state index contributed by atoms with van der Waals surface area (Å²) in [5, 5.41) is 14.8. The van der Waals surface area contributed by atoms with Gasteiger partial charge in [0.2, 0.25) is 11.8 Å². The summed E-state index contributed by atoms with van der Waals surface area (Å²) in [5.74, 6) is -2.12. The number of hydrogen-bond donors (Lipinski definition) is 5. The van der Waals surface area contributed by atoms with Crippen LogP contribution in [-0.2, 0) is 20.8 Å². The molecule has 162 valence electrons. The Bertz CT molecular complexity index is 653. The normalized spacial score (nSPS) is 15.0. The lowest BCUT2D eigenvalue weighted by Crippen LogP contribution is -2.55. The van der Waals surface area contributed by atoms with Gasteiger partial charge in [-0.3, -0.25) is 9.59 Å². The van der Waals surface area contributed by atoms with Crippen LogP contribution in [0, 0.1) is 5.92 Å². The molecule has 0 radical (unpaired) electrons. The van der Waals surface area contributed by atoms with E-state index in [4.69, 9.17) is 11.5 Å². The van der Waals surface area contributed by atoms with Crippen LogP contribution in [0.25, 0.3) is 0 Å². The molecule has 2 amide bonds. The van der Waals surface area contributed by atoms with Crippen molar-refractivity contribution in [1.82, 2.24) is 10.6 Å². The summed E-state index contributed by atoms with van der Waals surface area (Å²) in [4.78, 5) is 36.9. The number of rotatable bonds is 13. The highest BCUT2D eigenvalue weighted by Gasteiger charge is 2.29. The molecule has 29 heavy (non-hydrogen) atoms. The topological polar surface area (TPSA) is 148 Å². The van der Waals surface area contributed by atoms with E-state index in [1.807, 2.05) is 32.0 Å². The van der Waals surface area contributed by atoms with Gasteiger partial charge in [-0.15, -0.1) is 0 Å². The molecule has 4 unspecified atom stereocenters. The molecule has 0 fully saturated rings. The quantitative estimate of drug-likeness (QED) is 0.306. The van der Waals surface area contributed by atoms with Crippen LogP contribution >= 0.6 is 0 Å². The molecule has 8 heteroatoms. The fourth-order valence-corrected chi connectivity index (χ4v) is 2.86. The fraction of sp³-hybridized carbons (Fsp3) is 0.571. The zero-order chi connectivity index (χ0) is 21.8. The number of carboxylic acid groups (broad SMARTS) is 1. The fourth-order valence-electron chi connectivity index (χ4n) is 2.86. The number of hydrogen-bond acceptors (Lipinski definition) is 5. The first-order chi connectivity index (χ1) is 13.8. The standard InChI is InChI=1S/C21H34N4O4/c1-3-14(2)18(23)20(27)24-16(11-7-8-12-22)19(26)25-17(21(28)29)13-15-9-5-4-6-10-15/h4-6,9-10,14,16-18H,3,7-8,11-13,22-23H2,1-2H3,(H,24,27)(H,25,26)(H,28,29). The molecule has 4 atom stereocenters. The number of unbranched alkanes of at least 4 members (excludes halogenated alkanes) is 1. The van der Waals surface area contributed by atoms with Gasteiger partial charge < -0.3 is 27.2 Å². The molecule has 0 spiro atoms. The highest BCUT2D eigenvalue weighted by Crippen LogP contribution is 2.09. The van der Waals surface area contributed by atoms with Gasteiger partial charge in [0.1, 0.15) is 12.1 Å². The van der Waals surface area contributed by atoms with Gasteiger partial charge in [-0.1, -0.05) is 50.6 Å². The zero-order valence-corrected chi connectivity index (χ0v) is 17.3. The van der Waals surface area contributed by atoms with Gasteiger partial charge in [-0.05, 0) is 37.3 Å². The largest absolute Gasteiger partial charge is 0.480 e. The summed E-state index contributed by atoms with van der Waals surface area (Å²) in [5.41, 5.74) is 12.3. The molecule has 0 aliphatic heterocycles. The second kappa shape index (κ2) is 12.9. The maximum atomic E-state index is 12.8. The van der Waals surface area contributed by atoms with Gasteiger partial charge in [-0.2, -0.15) is 0 Å². The van der Waals surface area contributed by atoms with Crippen LogP contribution in [0.3, 0.4) is 0 Å². The van der Waals surface area contributed by atoms with Crippen molar-refractivity contribution in [2.45, 2.75) is 64.1 Å². The average Bonchev–Trinajstić information content (AvgIpc) is 2.71. The molecule has 1 rings (SSSR count). The Morgan fingerprint density at radius 3 is 2.21 bits per heavy atom. The SMILES string of the molecule is CCC(C)C(N)C(=O)NC(CCCCN)C(=O)NC(Cc1ccccc1)C(=O)O. The molecule has 8 nitrogen and oxygen atoms in total. The molecule has 0 aliphatic carbocycles. The predicted octanol–water partition coefficient (Wildman–Crippen LogP) is 0.786. The predicted molar refractivity (Wildman–Crippen MR) is 112 cm³/mol. The summed E-state index contributed by atoms with van der Waals surface area (Å²) >= 11 is 0. The molecule has 0 saturated carbocycles. The van der Waals surface area contributed by atoms with Crippen molar-refractivity contribution in [3.63, 3.8) is 0 Å². The van der Waals surface area contributed by atoms with E-state index in [9.17, 15) is 19.5 Å². The van der Waals surface area contributed by atoms with Gasteiger partial charge >= 0.3 is 5.97 Å². The zero-order valence-electron chi connectivity index (χ0n) is 17.3. The van der Waals surface area contributed by atoms with Gasteiger partial charge in [0.15, 0.2) is 0 Å². The monoisotopic (exact) mass is 406 g/mol. The average molecular weight is 407 g/mol. The Morgan fingerprint density at radius 2 is 1.66 bits per heavy atom. The van der Waals surface area contributed by atoms with E-state index in [2.05, 4.69) is 10.6 Å². The van der Waals surface area contributed by atoms with Crippen LogP contribution in [0.1, 0.15) is 45.1 Å². The Balaban J connectivity index is 2.84. The molecule has 0 aliphatic rings. The van der Waals surface area contributed by atoms with Crippen molar-refractivity contribution in [3.8, 4) is 0 Å². The van der Waals surface area contributed by atoms with E-state index >= 15 is 0 Å². The van der Waals surface area contributed by atoms with Gasteiger partial charge in [-0.25, -0.2) is 4.79 Å². The second-order valence-corrected chi connectivity index (χ2v) is 7.35. The molecule has 1 aromatic carbocycles. The third-order valence-corrected chi connectivity index (χ3v) is 5.04. The Hall–Kier alpha value is -2.45. The van der Waals surface area contributed by atoms with Gasteiger partial charge in [0.05, 0.1) is 6.04 Å². The summed E-state index contributed by atoms with van der Waals surface area (Å²) in [6, 6.07) is 6.36. The molecular weight excluding hydrogens is 372 g/mol. The first-order valence-electron chi connectivity index (χ1n) is 10.1. The van der Waals surface area contributed by atoms with Crippen molar-refractivity contribution in [1.29, 1.82) is 0 Å². The van der Waals surface area contributed by atoms with Crippen LogP contribution in [-0.4, -0.2) is 47.6 Å². The number of carboxylic acids is 1. The van der Waals surface area contributed by atoms with E-state index in [0.717, 1.165) is 12.0 Å². The van der Waals surface area contributed by atoms with Gasteiger partial charge in [0, 0.05) is 6.42 Å². The van der Waals surface area contributed by atoms with Crippen molar-refractivity contribution in [2.24, 2.45) is 17.4 Å². The maximum Gasteiger partial charge on any atom is 0.326 e. The number of nitrogens with one attached hydrogen (secondary N) is 2. The number of amides is 2. The van der Waals surface area contributed by atoms with E-state index in [1.54, 1.807) is 12.1 Å². The van der Waals surface area contributed by atoms with Crippen molar-refractivity contribution in [2.75, 3.05) is 6.54 Å². The minimum Gasteiger partial charge on any atom is -0.480 e. The van der Waals surface area contributed by atoms with E-state index < -0.39 is 35.9 Å². The lowest BCUT2D eigenvalue weighted by molar-refractivity contribution is -0.142. The molecule has 0 aromatic heterocycles. The highest BCUT2D eigenvalue weighted by atomic mass is 16.4. The number of nitrogens with two attached hydrogens (primary N) is 2. The minimum absolute atomic E-state index is 0.0346. The molecule has 7 N–H and O–H groups in total. The van der Waals surface area contributed by atoms with Crippen molar-refractivity contribution in [3.05, 3.63) is 35.9 Å². The van der Waals surface area contributed by atoms with Gasteiger partial charge in [0.25, 0.3) is 0 Å². The molecular formula is C21H34N4O4. The Kier molecular flexibility index (Phi) is 10.9. The Morgan fingerprint density at radius 1 is 1.03 bits per heavy atom. The second-order valence-electron chi connectivity index (χ2n) is 7.35. The number of carbonyl (C=O) groups is 3. The lowest BCUT2D eigenvalue weighted by atomic mass is 9.98. The van der Waals surface area contributed by atoms with Crippen LogP contribution in [0.2, 0.25) is 0 Å². The summed E-state index contributed by atoms with van der Waals surface area (Å²) in [6.07, 6.45) is 2.57. The van der Waals surface area contributed by atoms with Crippen LogP contribution < -0.4 is 22.1 Å². The molecule has 0 bridgehead atoms. The first-order valence-corrected chi connectivity index (χ1v) is 10.1. The molecule has 1 aromatic rings. The lowest BCUT2D eigenvalue weighted by Gasteiger charge is -2.24. The third-order valence-electron chi connectivity index (χ3n) is 5.04. The third kappa shape index (κ3) is 8.62. The van der Waals surface area contributed by atoms with Crippen molar-refractivity contribution < 1.29 is 19.5 Å². The minimum atomic E-state index is -1.13. The van der Waals surface area contributed by atoms with E-state index in [-0.39, 0.29) is 12.3 Å². The van der Waals surface area contributed by atoms with Crippen LogP contribution in [0.4, 0.5) is 0 Å². The molecule has 0 heterocycles. The molecule has 0 saturated heterocycles.